The maximum Gasteiger partial charge on any atom is 0.150 e. The predicted octanol–water partition coefficient (Wildman–Crippen LogP) is 4.66. The summed E-state index contributed by atoms with van der Waals surface area (Å²) >= 11 is 3.25. The van der Waals surface area contributed by atoms with E-state index < -0.39 is 0 Å². The van der Waals surface area contributed by atoms with Crippen LogP contribution in [0.4, 0.5) is 4.39 Å². The Morgan fingerprint density at radius 2 is 2.05 bits per heavy atom. The second-order valence-electron chi connectivity index (χ2n) is 5.79. The highest BCUT2D eigenvalue weighted by Gasteiger charge is 2.12. The number of ether oxygens (including phenoxy) is 1. The minimum Gasteiger partial charge on any atom is -0.455 e. The van der Waals surface area contributed by atoms with Gasteiger partial charge >= 0.3 is 0 Å². The molecule has 0 amide bonds. The van der Waals surface area contributed by atoms with Crippen LogP contribution < -0.4 is 10.1 Å². The molecule has 0 aliphatic rings. The number of aromatic nitrogens is 1. The van der Waals surface area contributed by atoms with Crippen molar-refractivity contribution >= 4 is 15.9 Å². The molecule has 2 aromatic rings. The Kier molecular flexibility index (Phi) is 4.96. The van der Waals surface area contributed by atoms with Gasteiger partial charge in [0.1, 0.15) is 17.3 Å². The number of benzene rings is 1. The molecule has 0 fully saturated rings. The van der Waals surface area contributed by atoms with Gasteiger partial charge in [-0.05, 0) is 39.0 Å². The third-order valence-corrected chi connectivity index (χ3v) is 3.20. The molecule has 0 saturated heterocycles. The largest absolute Gasteiger partial charge is 0.455 e. The Balaban J connectivity index is 2.20. The second kappa shape index (κ2) is 6.54. The molecule has 5 heteroatoms. The van der Waals surface area contributed by atoms with Crippen LogP contribution in [0, 0.1) is 5.82 Å². The number of hydrogen-bond acceptors (Lipinski definition) is 3. The van der Waals surface area contributed by atoms with Gasteiger partial charge in [-0.15, -0.1) is 0 Å². The molecule has 0 saturated carbocycles. The van der Waals surface area contributed by atoms with Crippen molar-refractivity contribution in [3.63, 3.8) is 0 Å². The highest BCUT2D eigenvalue weighted by Crippen LogP contribution is 2.28. The van der Waals surface area contributed by atoms with Crippen LogP contribution in [-0.4, -0.2) is 10.5 Å². The van der Waals surface area contributed by atoms with Gasteiger partial charge in [0.2, 0.25) is 0 Å². The smallest absolute Gasteiger partial charge is 0.150 e. The standard InChI is InChI=1S/C16H18BrFN2O/c1-16(2,3)20-9-11-4-5-19-10-15(11)21-14-7-12(17)6-13(18)8-14/h4-8,10,20H,9H2,1-3H3. The van der Waals surface area contributed by atoms with E-state index in [2.05, 4.69) is 47.0 Å². The molecular weight excluding hydrogens is 335 g/mol. The van der Waals surface area contributed by atoms with Gasteiger partial charge in [-0.3, -0.25) is 4.98 Å². The Morgan fingerprint density at radius 1 is 1.29 bits per heavy atom. The number of pyridine rings is 1. The van der Waals surface area contributed by atoms with Crippen molar-refractivity contribution in [3.05, 3.63) is 52.5 Å². The second-order valence-corrected chi connectivity index (χ2v) is 6.71. The first kappa shape index (κ1) is 15.9. The third-order valence-electron chi connectivity index (χ3n) is 2.74. The third kappa shape index (κ3) is 5.10. The molecule has 0 radical (unpaired) electrons. The summed E-state index contributed by atoms with van der Waals surface area (Å²) in [7, 11) is 0. The summed E-state index contributed by atoms with van der Waals surface area (Å²) < 4.78 is 19.8. The van der Waals surface area contributed by atoms with Crippen LogP contribution >= 0.6 is 15.9 Å². The van der Waals surface area contributed by atoms with Gasteiger partial charge in [0.05, 0.1) is 6.20 Å². The molecule has 0 aliphatic heterocycles. The number of nitrogens with one attached hydrogen (secondary N) is 1. The normalized spacial score (nSPS) is 11.5. The van der Waals surface area contributed by atoms with Gasteiger partial charge in [0, 0.05) is 34.4 Å². The zero-order chi connectivity index (χ0) is 15.5. The molecule has 3 nitrogen and oxygen atoms in total. The average Bonchev–Trinajstić information content (AvgIpc) is 2.35. The lowest BCUT2D eigenvalue weighted by atomic mass is 10.1. The van der Waals surface area contributed by atoms with E-state index in [9.17, 15) is 4.39 Å². The SMILES string of the molecule is CC(C)(C)NCc1ccncc1Oc1cc(F)cc(Br)c1. The zero-order valence-corrected chi connectivity index (χ0v) is 13.9. The van der Waals surface area contributed by atoms with E-state index in [4.69, 9.17) is 4.74 Å². The molecule has 0 spiro atoms. The van der Waals surface area contributed by atoms with Crippen LogP contribution in [0.3, 0.4) is 0 Å². The maximum absolute atomic E-state index is 13.4. The molecule has 1 N–H and O–H groups in total. The lowest BCUT2D eigenvalue weighted by Crippen LogP contribution is -2.35. The fourth-order valence-corrected chi connectivity index (χ4v) is 2.17. The van der Waals surface area contributed by atoms with Crippen LogP contribution in [0.2, 0.25) is 0 Å². The Morgan fingerprint density at radius 3 is 2.71 bits per heavy atom. The predicted molar refractivity (Wildman–Crippen MR) is 85.0 cm³/mol. The van der Waals surface area contributed by atoms with E-state index in [1.807, 2.05) is 6.07 Å². The first-order chi connectivity index (χ1) is 9.83. The molecule has 2 rings (SSSR count). The van der Waals surface area contributed by atoms with Crippen molar-refractivity contribution in [2.45, 2.75) is 32.9 Å². The van der Waals surface area contributed by atoms with Gasteiger partial charge in [-0.2, -0.15) is 0 Å². The summed E-state index contributed by atoms with van der Waals surface area (Å²) in [4.78, 5) is 4.07. The van der Waals surface area contributed by atoms with Gasteiger partial charge < -0.3 is 10.1 Å². The Hall–Kier alpha value is -1.46. The van der Waals surface area contributed by atoms with Crippen LogP contribution in [-0.2, 0) is 6.54 Å². The molecular formula is C16H18BrFN2O. The lowest BCUT2D eigenvalue weighted by molar-refractivity contribution is 0.413. The van der Waals surface area contributed by atoms with E-state index in [-0.39, 0.29) is 11.4 Å². The van der Waals surface area contributed by atoms with Crippen LogP contribution in [0.25, 0.3) is 0 Å². The summed E-state index contributed by atoms with van der Waals surface area (Å²) in [5, 5.41) is 3.40. The fraction of sp³-hybridized carbons (Fsp3) is 0.312. The van der Waals surface area contributed by atoms with Crippen LogP contribution in [0.5, 0.6) is 11.5 Å². The van der Waals surface area contributed by atoms with E-state index in [1.54, 1.807) is 18.5 Å². The van der Waals surface area contributed by atoms with E-state index in [0.29, 0.717) is 22.5 Å². The first-order valence-electron chi connectivity index (χ1n) is 6.65. The van der Waals surface area contributed by atoms with Crippen LogP contribution in [0.1, 0.15) is 26.3 Å². The van der Waals surface area contributed by atoms with Gasteiger partial charge in [-0.25, -0.2) is 4.39 Å². The van der Waals surface area contributed by atoms with E-state index in [0.717, 1.165) is 5.56 Å². The molecule has 0 aliphatic carbocycles. The number of hydrogen-bond donors (Lipinski definition) is 1. The minimum absolute atomic E-state index is 0.00240. The van der Waals surface area contributed by atoms with E-state index in [1.165, 1.54) is 12.1 Å². The highest BCUT2D eigenvalue weighted by atomic mass is 79.9. The molecule has 1 aromatic heterocycles. The molecule has 21 heavy (non-hydrogen) atoms. The lowest BCUT2D eigenvalue weighted by Gasteiger charge is -2.21. The van der Waals surface area contributed by atoms with Crippen molar-refractivity contribution in [3.8, 4) is 11.5 Å². The number of nitrogens with zero attached hydrogens (tertiary/aromatic N) is 1. The molecule has 0 atom stereocenters. The van der Waals surface area contributed by atoms with Crippen molar-refractivity contribution in [1.82, 2.24) is 10.3 Å². The molecule has 1 aromatic carbocycles. The Bertz CT molecular complexity index is 606. The number of halogens is 2. The Labute approximate surface area is 132 Å². The zero-order valence-electron chi connectivity index (χ0n) is 12.3. The van der Waals surface area contributed by atoms with Gasteiger partial charge in [0.25, 0.3) is 0 Å². The summed E-state index contributed by atoms with van der Waals surface area (Å²) in [5.41, 5.74) is 0.975. The summed E-state index contributed by atoms with van der Waals surface area (Å²) in [5.74, 6) is 0.705. The monoisotopic (exact) mass is 352 g/mol. The first-order valence-corrected chi connectivity index (χ1v) is 7.45. The molecule has 0 unspecified atom stereocenters. The summed E-state index contributed by atoms with van der Waals surface area (Å²) in [6.07, 6.45) is 3.35. The fourth-order valence-electron chi connectivity index (χ4n) is 1.72. The molecule has 0 bridgehead atoms. The molecule has 1 heterocycles. The van der Waals surface area contributed by atoms with Crippen molar-refractivity contribution in [2.24, 2.45) is 0 Å². The average molecular weight is 353 g/mol. The maximum atomic E-state index is 13.4. The molecule has 112 valence electrons. The number of rotatable bonds is 4. The summed E-state index contributed by atoms with van der Waals surface area (Å²) in [6.45, 7) is 6.94. The van der Waals surface area contributed by atoms with Crippen LogP contribution in [0.15, 0.2) is 41.1 Å². The van der Waals surface area contributed by atoms with Crippen molar-refractivity contribution in [2.75, 3.05) is 0 Å². The van der Waals surface area contributed by atoms with Crippen molar-refractivity contribution in [1.29, 1.82) is 0 Å². The van der Waals surface area contributed by atoms with Gasteiger partial charge in [0.15, 0.2) is 0 Å². The highest BCUT2D eigenvalue weighted by molar-refractivity contribution is 9.10. The quantitative estimate of drug-likeness (QED) is 0.868. The van der Waals surface area contributed by atoms with E-state index >= 15 is 0 Å². The minimum atomic E-state index is -0.349. The van der Waals surface area contributed by atoms with Gasteiger partial charge in [-0.1, -0.05) is 15.9 Å². The topological polar surface area (TPSA) is 34.2 Å². The van der Waals surface area contributed by atoms with Crippen molar-refractivity contribution < 1.29 is 9.13 Å². The summed E-state index contributed by atoms with van der Waals surface area (Å²) in [6, 6.07) is 6.34.